The number of nitrogens with zero attached hydrogens (tertiary/aromatic N) is 5. The molecule has 3 aromatic heterocycles. The fourth-order valence-electron chi connectivity index (χ4n) is 3.76. The van der Waals surface area contributed by atoms with Crippen molar-refractivity contribution in [1.29, 1.82) is 0 Å². The van der Waals surface area contributed by atoms with Crippen molar-refractivity contribution in [2.45, 2.75) is 19.8 Å². The molecule has 1 aromatic carbocycles. The Kier molecular flexibility index (Phi) is 2.98. The molecule has 0 amide bonds. The minimum Gasteiger partial charge on any atom is -0.267 e. The van der Waals surface area contributed by atoms with Gasteiger partial charge in [0.2, 0.25) is 0 Å². The standard InChI is InChI=1S/C20H17N5/c1-3-12-4-7-16-18(12)20-14(11-23-16)19(24-25(20)2)13-5-6-15-17(10-13)22-9-8-21-15/h4-6,8-11H,3,7H2,1-2H3. The first-order valence-corrected chi connectivity index (χ1v) is 8.51. The van der Waals surface area contributed by atoms with Crippen molar-refractivity contribution < 1.29 is 0 Å². The van der Waals surface area contributed by atoms with Crippen LogP contribution in [-0.2, 0) is 13.5 Å². The molecule has 4 aromatic rings. The molecule has 1 aliphatic carbocycles. The van der Waals surface area contributed by atoms with Gasteiger partial charge in [0.1, 0.15) is 5.69 Å². The highest BCUT2D eigenvalue weighted by Gasteiger charge is 2.22. The first kappa shape index (κ1) is 14.3. The lowest BCUT2D eigenvalue weighted by Crippen LogP contribution is -1.96. The largest absolute Gasteiger partial charge is 0.267 e. The molecule has 0 saturated carbocycles. The zero-order valence-corrected chi connectivity index (χ0v) is 14.2. The fraction of sp³-hybridized carbons (Fsp3) is 0.200. The average molecular weight is 327 g/mol. The number of aryl methyl sites for hydroxylation is 1. The predicted molar refractivity (Wildman–Crippen MR) is 99.0 cm³/mol. The van der Waals surface area contributed by atoms with E-state index in [2.05, 4.69) is 29.0 Å². The van der Waals surface area contributed by atoms with E-state index in [1.807, 2.05) is 30.1 Å². The third-order valence-electron chi connectivity index (χ3n) is 4.95. The number of hydrogen-bond donors (Lipinski definition) is 0. The highest BCUT2D eigenvalue weighted by Crippen LogP contribution is 2.37. The minimum absolute atomic E-state index is 0.877. The SMILES string of the molecule is CCC1=CCc2ncc3c(-c4ccc5nccnc5c4)nn(C)c3c21. The number of hydrogen-bond acceptors (Lipinski definition) is 4. The molecule has 0 bridgehead atoms. The molecule has 0 aliphatic heterocycles. The number of rotatable bonds is 2. The summed E-state index contributed by atoms with van der Waals surface area (Å²) < 4.78 is 1.99. The summed E-state index contributed by atoms with van der Waals surface area (Å²) in [5.74, 6) is 0. The molecule has 5 heteroatoms. The van der Waals surface area contributed by atoms with Crippen LogP contribution in [0, 0.1) is 0 Å². The van der Waals surface area contributed by atoms with Gasteiger partial charge in [-0.15, -0.1) is 0 Å². The van der Waals surface area contributed by atoms with Crippen LogP contribution in [-0.4, -0.2) is 24.7 Å². The van der Waals surface area contributed by atoms with Crippen LogP contribution in [0.2, 0.25) is 0 Å². The molecule has 0 radical (unpaired) electrons. The maximum Gasteiger partial charge on any atom is 0.102 e. The van der Waals surface area contributed by atoms with Gasteiger partial charge in [0.15, 0.2) is 0 Å². The Labute approximate surface area is 145 Å². The lowest BCUT2D eigenvalue weighted by atomic mass is 10.0. The quantitative estimate of drug-likeness (QED) is 0.560. The number of benzene rings is 1. The van der Waals surface area contributed by atoms with Crippen LogP contribution in [0.3, 0.4) is 0 Å². The molecular weight excluding hydrogens is 310 g/mol. The first-order valence-electron chi connectivity index (χ1n) is 8.51. The number of aromatic nitrogens is 5. The van der Waals surface area contributed by atoms with E-state index < -0.39 is 0 Å². The highest BCUT2D eigenvalue weighted by molar-refractivity contribution is 6.01. The molecule has 122 valence electrons. The van der Waals surface area contributed by atoms with Crippen molar-refractivity contribution >= 4 is 27.5 Å². The molecular formula is C20H17N5. The van der Waals surface area contributed by atoms with Gasteiger partial charge in [-0.2, -0.15) is 5.10 Å². The minimum atomic E-state index is 0.877. The second kappa shape index (κ2) is 5.21. The molecule has 0 atom stereocenters. The molecule has 25 heavy (non-hydrogen) atoms. The smallest absolute Gasteiger partial charge is 0.102 e. The summed E-state index contributed by atoms with van der Waals surface area (Å²) in [4.78, 5) is 13.5. The second-order valence-corrected chi connectivity index (χ2v) is 6.36. The van der Waals surface area contributed by atoms with Gasteiger partial charge in [0, 0.05) is 48.6 Å². The van der Waals surface area contributed by atoms with Crippen LogP contribution in [0.5, 0.6) is 0 Å². The van der Waals surface area contributed by atoms with E-state index in [9.17, 15) is 0 Å². The molecule has 0 fully saturated rings. The number of fused-ring (bicyclic) bond motifs is 4. The topological polar surface area (TPSA) is 56.5 Å². The Morgan fingerprint density at radius 1 is 1.08 bits per heavy atom. The molecule has 0 unspecified atom stereocenters. The summed E-state index contributed by atoms with van der Waals surface area (Å²) in [6.45, 7) is 2.19. The normalized spacial score (nSPS) is 13.4. The van der Waals surface area contributed by atoms with Crippen LogP contribution in [0.15, 0.2) is 42.9 Å². The van der Waals surface area contributed by atoms with Gasteiger partial charge in [-0.1, -0.05) is 19.1 Å². The van der Waals surface area contributed by atoms with Gasteiger partial charge in [0.05, 0.1) is 22.2 Å². The summed E-state index contributed by atoms with van der Waals surface area (Å²) in [6, 6.07) is 6.10. The third kappa shape index (κ3) is 2.02. The maximum atomic E-state index is 4.81. The lowest BCUT2D eigenvalue weighted by molar-refractivity contribution is 0.798. The third-order valence-corrected chi connectivity index (χ3v) is 4.95. The second-order valence-electron chi connectivity index (χ2n) is 6.36. The summed E-state index contributed by atoms with van der Waals surface area (Å²) in [7, 11) is 2.01. The summed E-state index contributed by atoms with van der Waals surface area (Å²) in [6.07, 6.45) is 9.61. The van der Waals surface area contributed by atoms with Crippen molar-refractivity contribution in [2.75, 3.05) is 0 Å². The van der Waals surface area contributed by atoms with Gasteiger partial charge in [-0.25, -0.2) is 0 Å². The lowest BCUT2D eigenvalue weighted by Gasteiger charge is -2.06. The molecule has 0 N–H and O–H groups in total. The predicted octanol–water partition coefficient (Wildman–Crippen LogP) is 3.93. The average Bonchev–Trinajstić information content (AvgIpc) is 3.22. The zero-order valence-electron chi connectivity index (χ0n) is 14.2. The van der Waals surface area contributed by atoms with E-state index in [-0.39, 0.29) is 0 Å². The molecule has 5 nitrogen and oxygen atoms in total. The van der Waals surface area contributed by atoms with E-state index in [0.717, 1.165) is 46.2 Å². The molecule has 1 aliphatic rings. The summed E-state index contributed by atoms with van der Waals surface area (Å²) in [5.41, 5.74) is 8.72. The number of pyridine rings is 1. The van der Waals surface area contributed by atoms with Gasteiger partial charge in [-0.3, -0.25) is 19.6 Å². The van der Waals surface area contributed by atoms with Crippen LogP contribution in [0.1, 0.15) is 24.6 Å². The van der Waals surface area contributed by atoms with Gasteiger partial charge >= 0.3 is 0 Å². The molecule has 5 rings (SSSR count). The van der Waals surface area contributed by atoms with Gasteiger partial charge in [-0.05, 0) is 24.1 Å². The zero-order chi connectivity index (χ0) is 17.0. The van der Waals surface area contributed by atoms with Crippen LogP contribution < -0.4 is 0 Å². The Bertz CT molecular complexity index is 1170. The maximum absolute atomic E-state index is 4.81. The van der Waals surface area contributed by atoms with E-state index in [1.165, 1.54) is 16.7 Å². The van der Waals surface area contributed by atoms with Crippen molar-refractivity contribution in [3.05, 3.63) is 54.1 Å². The Balaban J connectivity index is 1.79. The summed E-state index contributed by atoms with van der Waals surface area (Å²) in [5, 5.41) is 5.90. The Morgan fingerprint density at radius 3 is 2.76 bits per heavy atom. The van der Waals surface area contributed by atoms with Crippen LogP contribution in [0.4, 0.5) is 0 Å². The molecule has 0 saturated heterocycles. The van der Waals surface area contributed by atoms with Gasteiger partial charge < -0.3 is 0 Å². The van der Waals surface area contributed by atoms with Crippen molar-refractivity contribution in [3.8, 4) is 11.3 Å². The van der Waals surface area contributed by atoms with Crippen molar-refractivity contribution in [1.82, 2.24) is 24.7 Å². The van der Waals surface area contributed by atoms with E-state index in [4.69, 9.17) is 10.1 Å². The monoisotopic (exact) mass is 327 g/mol. The van der Waals surface area contributed by atoms with E-state index in [1.54, 1.807) is 12.4 Å². The summed E-state index contributed by atoms with van der Waals surface area (Å²) >= 11 is 0. The Morgan fingerprint density at radius 2 is 1.92 bits per heavy atom. The van der Waals surface area contributed by atoms with Gasteiger partial charge in [0.25, 0.3) is 0 Å². The van der Waals surface area contributed by atoms with Crippen LogP contribution in [0.25, 0.3) is 38.8 Å². The number of allylic oxidation sites excluding steroid dienone is 2. The molecule has 0 spiro atoms. The van der Waals surface area contributed by atoms with Crippen LogP contribution >= 0.6 is 0 Å². The van der Waals surface area contributed by atoms with Crippen molar-refractivity contribution in [2.24, 2.45) is 7.05 Å². The van der Waals surface area contributed by atoms with Crippen molar-refractivity contribution in [3.63, 3.8) is 0 Å². The first-order chi connectivity index (χ1) is 12.3. The van der Waals surface area contributed by atoms with E-state index >= 15 is 0 Å². The fourth-order valence-corrected chi connectivity index (χ4v) is 3.76. The van der Waals surface area contributed by atoms with E-state index in [0.29, 0.717) is 0 Å². The molecule has 3 heterocycles. The Hall–Kier alpha value is -3.08. The highest BCUT2D eigenvalue weighted by atomic mass is 15.3.